The van der Waals surface area contributed by atoms with Crippen molar-refractivity contribution in [3.8, 4) is 0 Å². The van der Waals surface area contributed by atoms with Crippen molar-refractivity contribution in [1.29, 1.82) is 0 Å². The molecule has 0 aliphatic heterocycles. The number of hydrogen-bond acceptors (Lipinski definition) is 1. The Morgan fingerprint density at radius 1 is 1.45 bits per heavy atom. The fourth-order valence-corrected chi connectivity index (χ4v) is 1.71. The first-order chi connectivity index (χ1) is 5.25. The highest BCUT2D eigenvalue weighted by Gasteiger charge is 2.08. The lowest BCUT2D eigenvalue weighted by molar-refractivity contribution is 0.294. The molecule has 0 bridgehead atoms. The fourth-order valence-electron chi connectivity index (χ4n) is 0.827. The molecule has 0 aromatic heterocycles. The van der Waals surface area contributed by atoms with Crippen LogP contribution in [0.15, 0.2) is 28.7 Å². The SMILES string of the molecule is OC[C@@H](Cl)c1ccccc1Br. The van der Waals surface area contributed by atoms with Crippen molar-refractivity contribution < 1.29 is 5.11 Å². The van der Waals surface area contributed by atoms with E-state index in [0.29, 0.717) is 0 Å². The Kier molecular flexibility index (Phi) is 3.37. The maximum Gasteiger partial charge on any atom is 0.0827 e. The second-order valence-corrected chi connectivity index (χ2v) is 3.55. The highest BCUT2D eigenvalue weighted by atomic mass is 79.9. The zero-order chi connectivity index (χ0) is 8.27. The maximum atomic E-state index is 8.76. The maximum absolute atomic E-state index is 8.76. The van der Waals surface area contributed by atoms with Crippen molar-refractivity contribution in [3.63, 3.8) is 0 Å². The quantitative estimate of drug-likeness (QED) is 0.782. The van der Waals surface area contributed by atoms with Gasteiger partial charge in [-0.3, -0.25) is 0 Å². The molecule has 1 nitrogen and oxygen atoms in total. The summed E-state index contributed by atoms with van der Waals surface area (Å²) < 4.78 is 0.939. The molecule has 0 saturated heterocycles. The molecule has 11 heavy (non-hydrogen) atoms. The summed E-state index contributed by atoms with van der Waals surface area (Å²) in [5.41, 5.74) is 0.927. The van der Waals surface area contributed by atoms with Crippen LogP contribution in [0, 0.1) is 0 Å². The predicted octanol–water partition coefficient (Wildman–Crippen LogP) is 2.72. The van der Waals surface area contributed by atoms with Crippen LogP contribution in [0.3, 0.4) is 0 Å². The summed E-state index contributed by atoms with van der Waals surface area (Å²) >= 11 is 9.16. The van der Waals surface area contributed by atoms with Crippen molar-refractivity contribution in [3.05, 3.63) is 34.3 Å². The first-order valence-electron chi connectivity index (χ1n) is 3.25. The Balaban J connectivity index is 2.93. The van der Waals surface area contributed by atoms with Crippen molar-refractivity contribution >= 4 is 27.5 Å². The van der Waals surface area contributed by atoms with Gasteiger partial charge in [0.2, 0.25) is 0 Å². The third-order valence-corrected chi connectivity index (χ3v) is 2.50. The van der Waals surface area contributed by atoms with E-state index in [9.17, 15) is 0 Å². The van der Waals surface area contributed by atoms with Crippen LogP contribution in [0.2, 0.25) is 0 Å². The molecular formula is C8H8BrClO. The van der Waals surface area contributed by atoms with Gasteiger partial charge in [-0.2, -0.15) is 0 Å². The molecule has 1 rings (SSSR count). The predicted molar refractivity (Wildman–Crippen MR) is 49.8 cm³/mol. The molecule has 0 aliphatic carbocycles. The van der Waals surface area contributed by atoms with Crippen LogP contribution in [-0.4, -0.2) is 11.7 Å². The first kappa shape index (κ1) is 9.04. The molecule has 0 spiro atoms. The molecule has 0 fully saturated rings. The Morgan fingerprint density at radius 3 is 2.64 bits per heavy atom. The van der Waals surface area contributed by atoms with Crippen LogP contribution in [0.1, 0.15) is 10.9 Å². The fraction of sp³-hybridized carbons (Fsp3) is 0.250. The summed E-state index contributed by atoms with van der Waals surface area (Å²) in [6.07, 6.45) is 0. The summed E-state index contributed by atoms with van der Waals surface area (Å²) in [4.78, 5) is 0. The Hall–Kier alpha value is -0.0500. The van der Waals surface area contributed by atoms with Crippen LogP contribution in [-0.2, 0) is 0 Å². The van der Waals surface area contributed by atoms with Gasteiger partial charge >= 0.3 is 0 Å². The van der Waals surface area contributed by atoms with Crippen LogP contribution >= 0.6 is 27.5 Å². The lowest BCUT2D eigenvalue weighted by Crippen LogP contribution is -1.96. The molecule has 1 aromatic rings. The molecule has 0 saturated carbocycles. The van der Waals surface area contributed by atoms with Crippen LogP contribution in [0.25, 0.3) is 0 Å². The summed E-state index contributed by atoms with van der Waals surface area (Å²) in [6, 6.07) is 7.60. The van der Waals surface area contributed by atoms with E-state index in [-0.39, 0.29) is 12.0 Å². The van der Waals surface area contributed by atoms with Gasteiger partial charge in [0.15, 0.2) is 0 Å². The Bertz CT molecular complexity index is 239. The van der Waals surface area contributed by atoms with E-state index in [1.54, 1.807) is 0 Å². The highest BCUT2D eigenvalue weighted by molar-refractivity contribution is 9.10. The number of aliphatic hydroxyl groups is 1. The second kappa shape index (κ2) is 4.10. The topological polar surface area (TPSA) is 20.2 Å². The molecule has 1 atom stereocenters. The highest BCUT2D eigenvalue weighted by Crippen LogP contribution is 2.26. The van der Waals surface area contributed by atoms with Gasteiger partial charge in [-0.15, -0.1) is 11.6 Å². The van der Waals surface area contributed by atoms with Crippen molar-refractivity contribution in [2.75, 3.05) is 6.61 Å². The molecule has 0 amide bonds. The Morgan fingerprint density at radius 2 is 2.09 bits per heavy atom. The molecule has 0 heterocycles. The summed E-state index contributed by atoms with van der Waals surface area (Å²) in [5.74, 6) is 0. The number of aliphatic hydroxyl groups excluding tert-OH is 1. The molecule has 1 N–H and O–H groups in total. The van der Waals surface area contributed by atoms with Gasteiger partial charge in [0.25, 0.3) is 0 Å². The second-order valence-electron chi connectivity index (χ2n) is 2.17. The molecule has 0 unspecified atom stereocenters. The van der Waals surface area contributed by atoms with Gasteiger partial charge in [-0.1, -0.05) is 34.1 Å². The Labute approximate surface area is 79.1 Å². The van der Waals surface area contributed by atoms with Gasteiger partial charge in [0, 0.05) is 4.47 Å². The number of alkyl halides is 1. The molecule has 3 heteroatoms. The molecular weight excluding hydrogens is 227 g/mol. The largest absolute Gasteiger partial charge is 0.394 e. The zero-order valence-corrected chi connectivity index (χ0v) is 8.14. The van der Waals surface area contributed by atoms with E-state index < -0.39 is 0 Å². The van der Waals surface area contributed by atoms with E-state index in [4.69, 9.17) is 16.7 Å². The molecule has 0 aliphatic rings. The summed E-state index contributed by atoms with van der Waals surface area (Å²) in [7, 11) is 0. The van der Waals surface area contributed by atoms with Crippen molar-refractivity contribution in [2.24, 2.45) is 0 Å². The minimum Gasteiger partial charge on any atom is -0.394 e. The first-order valence-corrected chi connectivity index (χ1v) is 4.48. The third-order valence-electron chi connectivity index (χ3n) is 1.40. The minimum atomic E-state index is -0.314. The number of hydrogen-bond donors (Lipinski definition) is 1. The van der Waals surface area contributed by atoms with Gasteiger partial charge in [0.05, 0.1) is 12.0 Å². The number of halogens is 2. The van der Waals surface area contributed by atoms with Crippen LogP contribution < -0.4 is 0 Å². The van der Waals surface area contributed by atoms with Gasteiger partial charge in [-0.05, 0) is 11.6 Å². The van der Waals surface area contributed by atoms with E-state index in [1.807, 2.05) is 24.3 Å². The van der Waals surface area contributed by atoms with E-state index in [0.717, 1.165) is 10.0 Å². The average molecular weight is 236 g/mol. The van der Waals surface area contributed by atoms with Gasteiger partial charge in [-0.25, -0.2) is 0 Å². The number of rotatable bonds is 2. The molecule has 0 radical (unpaired) electrons. The van der Waals surface area contributed by atoms with Crippen molar-refractivity contribution in [2.45, 2.75) is 5.38 Å². The lowest BCUT2D eigenvalue weighted by atomic mass is 10.2. The van der Waals surface area contributed by atoms with Gasteiger partial charge < -0.3 is 5.11 Å². The average Bonchev–Trinajstić information content (AvgIpc) is 2.04. The normalized spacial score (nSPS) is 13.0. The van der Waals surface area contributed by atoms with Crippen molar-refractivity contribution in [1.82, 2.24) is 0 Å². The zero-order valence-electron chi connectivity index (χ0n) is 5.80. The monoisotopic (exact) mass is 234 g/mol. The van der Waals surface area contributed by atoms with E-state index in [1.165, 1.54) is 0 Å². The number of benzene rings is 1. The molecule has 1 aromatic carbocycles. The van der Waals surface area contributed by atoms with Crippen LogP contribution in [0.4, 0.5) is 0 Å². The van der Waals surface area contributed by atoms with Crippen LogP contribution in [0.5, 0.6) is 0 Å². The third kappa shape index (κ3) is 2.19. The lowest BCUT2D eigenvalue weighted by Gasteiger charge is -2.07. The molecule has 60 valence electrons. The minimum absolute atomic E-state index is 0.0375. The summed E-state index contributed by atoms with van der Waals surface area (Å²) in [6.45, 7) is -0.0375. The van der Waals surface area contributed by atoms with E-state index >= 15 is 0 Å². The summed E-state index contributed by atoms with van der Waals surface area (Å²) in [5, 5.41) is 8.45. The van der Waals surface area contributed by atoms with Gasteiger partial charge in [0.1, 0.15) is 0 Å². The standard InChI is InChI=1S/C8H8BrClO/c9-7-4-2-1-3-6(7)8(10)5-11/h1-4,8,11H,5H2/t8-/m1/s1. The van der Waals surface area contributed by atoms with E-state index in [2.05, 4.69) is 15.9 Å². The smallest absolute Gasteiger partial charge is 0.0827 e.